The smallest absolute Gasteiger partial charge is 0.315 e. The molecule has 0 radical (unpaired) electrons. The zero-order valence-electron chi connectivity index (χ0n) is 12.1. The number of hydrogen-bond acceptors (Lipinski definition) is 4. The molecule has 0 aromatic rings. The van der Waals surface area contributed by atoms with Crippen molar-refractivity contribution in [3.05, 3.63) is 0 Å². The minimum atomic E-state index is -0.824. The van der Waals surface area contributed by atoms with Gasteiger partial charge < -0.3 is 15.7 Å². The lowest BCUT2D eigenvalue weighted by Gasteiger charge is -2.28. The average Bonchev–Trinajstić information content (AvgIpc) is 2.43. The van der Waals surface area contributed by atoms with Gasteiger partial charge in [0, 0.05) is 26.4 Å². The van der Waals surface area contributed by atoms with Crippen LogP contribution in [0.3, 0.4) is 0 Å². The largest absolute Gasteiger partial charge is 0.481 e. The molecule has 0 aliphatic carbocycles. The Morgan fingerprint density at radius 2 is 2.00 bits per heavy atom. The van der Waals surface area contributed by atoms with Crippen LogP contribution in [0.4, 0.5) is 4.79 Å². The third-order valence-electron chi connectivity index (χ3n) is 3.31. The summed E-state index contributed by atoms with van der Waals surface area (Å²) in [6.45, 7) is 0.418. The first kappa shape index (κ1) is 16.9. The number of imide groups is 1. The molecular weight excluding hydrogens is 278 g/mol. The molecule has 1 atom stereocenters. The molecule has 1 rings (SSSR count). The summed E-state index contributed by atoms with van der Waals surface area (Å²) in [4.78, 5) is 46.0. The number of likely N-dealkylation sites (N-methyl/N-ethyl adjacent to an activating group) is 1. The summed E-state index contributed by atoms with van der Waals surface area (Å²) < 4.78 is 0. The molecule has 1 saturated heterocycles. The van der Waals surface area contributed by atoms with Crippen molar-refractivity contribution in [1.29, 1.82) is 0 Å². The van der Waals surface area contributed by atoms with Crippen LogP contribution in [0.1, 0.15) is 38.5 Å². The molecule has 0 aromatic heterocycles. The van der Waals surface area contributed by atoms with E-state index in [-0.39, 0.29) is 18.7 Å². The number of hydrogen-bond donors (Lipinski definition) is 3. The second-order valence-electron chi connectivity index (χ2n) is 4.99. The van der Waals surface area contributed by atoms with E-state index < -0.39 is 23.9 Å². The molecule has 0 spiro atoms. The minimum absolute atomic E-state index is 0.128. The summed E-state index contributed by atoms with van der Waals surface area (Å²) in [6.07, 6.45) is 2.65. The van der Waals surface area contributed by atoms with Crippen LogP contribution in [0.15, 0.2) is 0 Å². The molecule has 8 heteroatoms. The van der Waals surface area contributed by atoms with Crippen molar-refractivity contribution in [3.8, 4) is 0 Å². The highest BCUT2D eigenvalue weighted by atomic mass is 16.4. The fourth-order valence-electron chi connectivity index (χ4n) is 2.04. The summed E-state index contributed by atoms with van der Waals surface area (Å²) in [6, 6.07) is -1.12. The van der Waals surface area contributed by atoms with Crippen LogP contribution in [0.2, 0.25) is 0 Å². The number of carboxylic acid groups (broad SMARTS) is 1. The Morgan fingerprint density at radius 3 is 2.67 bits per heavy atom. The first-order valence-corrected chi connectivity index (χ1v) is 6.98. The van der Waals surface area contributed by atoms with Crippen LogP contribution < -0.4 is 10.6 Å². The number of carboxylic acids is 1. The van der Waals surface area contributed by atoms with Crippen molar-refractivity contribution in [2.45, 2.75) is 44.6 Å². The predicted molar refractivity (Wildman–Crippen MR) is 73.4 cm³/mol. The van der Waals surface area contributed by atoms with Crippen molar-refractivity contribution in [2.75, 3.05) is 13.6 Å². The third kappa shape index (κ3) is 5.80. The van der Waals surface area contributed by atoms with Crippen molar-refractivity contribution >= 4 is 23.8 Å². The molecule has 1 aliphatic rings. The molecule has 3 N–H and O–H groups in total. The fraction of sp³-hybridized carbons (Fsp3) is 0.692. The molecule has 21 heavy (non-hydrogen) atoms. The molecule has 1 fully saturated rings. The Hall–Kier alpha value is -2.12. The maximum absolute atomic E-state index is 11.8. The monoisotopic (exact) mass is 299 g/mol. The van der Waals surface area contributed by atoms with Crippen molar-refractivity contribution in [1.82, 2.24) is 15.5 Å². The van der Waals surface area contributed by atoms with Crippen LogP contribution in [0.5, 0.6) is 0 Å². The summed E-state index contributed by atoms with van der Waals surface area (Å²) >= 11 is 0. The highest BCUT2D eigenvalue weighted by Gasteiger charge is 2.32. The van der Waals surface area contributed by atoms with Gasteiger partial charge in [0.25, 0.3) is 5.91 Å². The predicted octanol–water partition coefficient (Wildman–Crippen LogP) is 0.0780. The Kier molecular flexibility index (Phi) is 6.64. The molecule has 118 valence electrons. The SMILES string of the molecule is CN1C(=O)CCC(NC(=O)NCCCCCC(=O)O)C1=O. The summed E-state index contributed by atoms with van der Waals surface area (Å²) in [5.41, 5.74) is 0. The molecule has 0 aromatic carbocycles. The lowest BCUT2D eigenvalue weighted by Crippen LogP contribution is -2.54. The van der Waals surface area contributed by atoms with E-state index in [2.05, 4.69) is 10.6 Å². The Balaban J connectivity index is 2.17. The van der Waals surface area contributed by atoms with Gasteiger partial charge in [-0.05, 0) is 19.3 Å². The highest BCUT2D eigenvalue weighted by molar-refractivity contribution is 6.01. The van der Waals surface area contributed by atoms with E-state index in [4.69, 9.17) is 5.11 Å². The first-order valence-electron chi connectivity index (χ1n) is 6.98. The average molecular weight is 299 g/mol. The number of unbranched alkanes of at least 4 members (excludes halogenated alkanes) is 2. The Bertz CT molecular complexity index is 424. The molecule has 1 unspecified atom stereocenters. The maximum Gasteiger partial charge on any atom is 0.315 e. The number of carbonyl (C=O) groups excluding carboxylic acids is 3. The quantitative estimate of drug-likeness (QED) is 0.455. The molecule has 1 heterocycles. The minimum Gasteiger partial charge on any atom is -0.481 e. The van der Waals surface area contributed by atoms with Crippen molar-refractivity contribution in [3.63, 3.8) is 0 Å². The number of piperidine rings is 1. The normalized spacial score (nSPS) is 18.5. The van der Waals surface area contributed by atoms with E-state index in [1.54, 1.807) is 0 Å². The lowest BCUT2D eigenvalue weighted by molar-refractivity contribution is -0.147. The fourth-order valence-corrected chi connectivity index (χ4v) is 2.04. The molecule has 8 nitrogen and oxygen atoms in total. The van der Waals surface area contributed by atoms with Gasteiger partial charge in [0.15, 0.2) is 0 Å². The Labute approximate surface area is 122 Å². The van der Waals surface area contributed by atoms with Crippen molar-refractivity contribution < 1.29 is 24.3 Å². The molecule has 0 saturated carbocycles. The second kappa shape index (κ2) is 8.23. The Morgan fingerprint density at radius 1 is 1.29 bits per heavy atom. The lowest BCUT2D eigenvalue weighted by atomic mass is 10.1. The number of urea groups is 1. The van der Waals surface area contributed by atoms with E-state index in [9.17, 15) is 19.2 Å². The number of nitrogens with zero attached hydrogens (tertiary/aromatic N) is 1. The number of rotatable bonds is 7. The molecule has 0 bridgehead atoms. The van der Waals surface area contributed by atoms with Crippen LogP contribution in [-0.2, 0) is 14.4 Å². The zero-order valence-corrected chi connectivity index (χ0v) is 12.1. The zero-order chi connectivity index (χ0) is 15.8. The van der Waals surface area contributed by atoms with E-state index in [0.717, 1.165) is 4.90 Å². The van der Waals surface area contributed by atoms with Gasteiger partial charge in [-0.15, -0.1) is 0 Å². The van der Waals surface area contributed by atoms with Gasteiger partial charge in [-0.3, -0.25) is 19.3 Å². The van der Waals surface area contributed by atoms with Gasteiger partial charge in [0.2, 0.25) is 5.91 Å². The number of aliphatic carboxylic acids is 1. The van der Waals surface area contributed by atoms with Gasteiger partial charge in [-0.25, -0.2) is 4.79 Å². The second-order valence-corrected chi connectivity index (χ2v) is 4.99. The summed E-state index contributed by atoms with van der Waals surface area (Å²) in [5.74, 6) is -1.46. The number of nitrogens with one attached hydrogen (secondary N) is 2. The number of carbonyl (C=O) groups is 4. The molecule has 1 aliphatic heterocycles. The van der Waals surface area contributed by atoms with Crippen molar-refractivity contribution in [2.24, 2.45) is 0 Å². The topological polar surface area (TPSA) is 116 Å². The number of amides is 4. The van der Waals surface area contributed by atoms with E-state index in [0.29, 0.717) is 32.2 Å². The highest BCUT2D eigenvalue weighted by Crippen LogP contribution is 2.11. The van der Waals surface area contributed by atoms with E-state index in [1.807, 2.05) is 0 Å². The maximum atomic E-state index is 11.8. The molecule has 4 amide bonds. The summed E-state index contributed by atoms with van der Waals surface area (Å²) in [5, 5.41) is 13.6. The van der Waals surface area contributed by atoms with Crippen LogP contribution in [0, 0.1) is 0 Å². The van der Waals surface area contributed by atoms with Gasteiger partial charge in [-0.2, -0.15) is 0 Å². The van der Waals surface area contributed by atoms with E-state index in [1.165, 1.54) is 7.05 Å². The first-order chi connectivity index (χ1) is 9.91. The van der Waals surface area contributed by atoms with Gasteiger partial charge in [0.1, 0.15) is 6.04 Å². The van der Waals surface area contributed by atoms with Crippen LogP contribution >= 0.6 is 0 Å². The summed E-state index contributed by atoms with van der Waals surface area (Å²) in [7, 11) is 1.40. The van der Waals surface area contributed by atoms with E-state index >= 15 is 0 Å². The molecular formula is C13H21N3O5. The van der Waals surface area contributed by atoms with Gasteiger partial charge in [-0.1, -0.05) is 6.42 Å². The third-order valence-corrected chi connectivity index (χ3v) is 3.31. The van der Waals surface area contributed by atoms with Crippen LogP contribution in [-0.4, -0.2) is 53.5 Å². The standard InChI is InChI=1S/C13H21N3O5/c1-16-10(17)7-6-9(12(16)20)15-13(21)14-8-4-2-3-5-11(18)19/h9H,2-8H2,1H3,(H,18,19)(H2,14,15,21). The van der Waals surface area contributed by atoms with Gasteiger partial charge in [0.05, 0.1) is 0 Å². The van der Waals surface area contributed by atoms with Gasteiger partial charge >= 0.3 is 12.0 Å². The van der Waals surface area contributed by atoms with Crippen LogP contribution in [0.25, 0.3) is 0 Å². The number of likely N-dealkylation sites (tertiary alicyclic amines) is 1.